The summed E-state index contributed by atoms with van der Waals surface area (Å²) in [5, 5.41) is 0. The minimum Gasteiger partial charge on any atom is -0.398 e. The lowest BCUT2D eigenvalue weighted by Crippen LogP contribution is -2.46. The van der Waals surface area contributed by atoms with Crippen LogP contribution in [0.1, 0.15) is 24.2 Å². The molecule has 0 bridgehead atoms. The highest BCUT2D eigenvalue weighted by Gasteiger charge is 2.30. The highest BCUT2D eigenvalue weighted by molar-refractivity contribution is 8.00. The summed E-state index contributed by atoms with van der Waals surface area (Å²) in [6.07, 6.45) is 0. The van der Waals surface area contributed by atoms with Gasteiger partial charge in [0.15, 0.2) is 0 Å². The van der Waals surface area contributed by atoms with E-state index in [2.05, 4.69) is 13.8 Å². The second-order valence-corrected chi connectivity index (χ2v) is 6.87. The zero-order valence-corrected chi connectivity index (χ0v) is 11.4. The molecule has 1 saturated heterocycles. The van der Waals surface area contributed by atoms with E-state index in [0.29, 0.717) is 18.7 Å². The van der Waals surface area contributed by atoms with Gasteiger partial charge in [0.25, 0.3) is 5.91 Å². The molecule has 0 spiro atoms. The summed E-state index contributed by atoms with van der Waals surface area (Å²) in [7, 11) is 0. The first-order valence-electron chi connectivity index (χ1n) is 5.87. The summed E-state index contributed by atoms with van der Waals surface area (Å²) in [5.41, 5.74) is 6.30. The van der Waals surface area contributed by atoms with Gasteiger partial charge in [-0.15, -0.1) is 0 Å². The van der Waals surface area contributed by atoms with E-state index in [1.165, 1.54) is 18.2 Å². The van der Waals surface area contributed by atoms with Crippen molar-refractivity contribution in [2.45, 2.75) is 18.6 Å². The van der Waals surface area contributed by atoms with Crippen molar-refractivity contribution < 1.29 is 9.18 Å². The highest BCUT2D eigenvalue weighted by Crippen LogP contribution is 2.30. The van der Waals surface area contributed by atoms with Crippen LogP contribution in [0, 0.1) is 5.82 Å². The van der Waals surface area contributed by atoms with Crippen LogP contribution < -0.4 is 5.73 Å². The van der Waals surface area contributed by atoms with Gasteiger partial charge in [-0.1, -0.05) is 0 Å². The number of carbonyl (C=O) groups excluding carboxylic acids is 1. The molecule has 0 saturated carbocycles. The van der Waals surface area contributed by atoms with Crippen LogP contribution in [-0.4, -0.2) is 34.4 Å². The fourth-order valence-electron chi connectivity index (χ4n) is 2.09. The van der Waals surface area contributed by atoms with Crippen LogP contribution in [0.25, 0.3) is 0 Å². The Morgan fingerprint density at radius 2 is 2.22 bits per heavy atom. The summed E-state index contributed by atoms with van der Waals surface area (Å²) in [4.78, 5) is 14.1. The van der Waals surface area contributed by atoms with Crippen LogP contribution in [0.5, 0.6) is 0 Å². The van der Waals surface area contributed by atoms with Gasteiger partial charge in [-0.05, 0) is 32.0 Å². The van der Waals surface area contributed by atoms with Gasteiger partial charge in [-0.25, -0.2) is 4.39 Å². The van der Waals surface area contributed by atoms with Crippen LogP contribution in [0.2, 0.25) is 0 Å². The van der Waals surface area contributed by atoms with Crippen molar-refractivity contribution in [3.05, 3.63) is 29.6 Å². The number of thioether (sulfide) groups is 1. The zero-order chi connectivity index (χ0) is 13.3. The van der Waals surface area contributed by atoms with Crippen molar-refractivity contribution in [1.82, 2.24) is 4.90 Å². The molecule has 1 aromatic rings. The minimum atomic E-state index is -0.418. The lowest BCUT2D eigenvalue weighted by atomic mass is 10.1. The third kappa shape index (κ3) is 2.77. The molecular weight excluding hydrogens is 251 g/mol. The molecule has 0 atom stereocenters. The molecule has 0 radical (unpaired) electrons. The van der Waals surface area contributed by atoms with Gasteiger partial charge in [0.1, 0.15) is 5.82 Å². The van der Waals surface area contributed by atoms with Crippen molar-refractivity contribution in [2.75, 3.05) is 24.6 Å². The number of nitrogen functional groups attached to an aromatic ring is 1. The smallest absolute Gasteiger partial charge is 0.256 e. The summed E-state index contributed by atoms with van der Waals surface area (Å²) < 4.78 is 13.0. The topological polar surface area (TPSA) is 46.3 Å². The lowest BCUT2D eigenvalue weighted by Gasteiger charge is -2.37. The second kappa shape index (κ2) is 4.80. The number of benzene rings is 1. The van der Waals surface area contributed by atoms with E-state index in [0.717, 1.165) is 5.75 Å². The molecule has 0 aromatic heterocycles. The molecule has 1 amide bonds. The predicted octanol–water partition coefficient (Wildman–Crippen LogP) is 2.38. The van der Waals surface area contributed by atoms with E-state index in [1.807, 2.05) is 11.8 Å². The Hall–Kier alpha value is -1.23. The Morgan fingerprint density at radius 1 is 1.50 bits per heavy atom. The lowest BCUT2D eigenvalue weighted by molar-refractivity contribution is 0.0749. The van der Waals surface area contributed by atoms with Crippen molar-refractivity contribution in [3.63, 3.8) is 0 Å². The fraction of sp³-hybridized carbons (Fsp3) is 0.462. The first kappa shape index (κ1) is 13.2. The molecule has 98 valence electrons. The standard InChI is InChI=1S/C13H17FN2OS/c1-13(2)8-16(5-6-18-13)12(17)10-4-3-9(14)7-11(10)15/h3-4,7H,5-6,8,15H2,1-2H3. The fourth-order valence-corrected chi connectivity index (χ4v) is 3.20. The largest absolute Gasteiger partial charge is 0.398 e. The summed E-state index contributed by atoms with van der Waals surface area (Å²) >= 11 is 1.86. The highest BCUT2D eigenvalue weighted by atomic mass is 32.2. The number of nitrogens with zero attached hydrogens (tertiary/aromatic N) is 1. The average Bonchev–Trinajstić information content (AvgIpc) is 2.27. The molecule has 1 fully saturated rings. The number of carbonyl (C=O) groups is 1. The quantitative estimate of drug-likeness (QED) is 0.795. The first-order valence-corrected chi connectivity index (χ1v) is 6.86. The third-order valence-electron chi connectivity index (χ3n) is 2.96. The number of rotatable bonds is 1. The summed E-state index contributed by atoms with van der Waals surface area (Å²) in [6, 6.07) is 3.92. The van der Waals surface area contributed by atoms with Gasteiger partial charge in [0.05, 0.1) is 5.56 Å². The van der Waals surface area contributed by atoms with Crippen LogP contribution in [0.15, 0.2) is 18.2 Å². The Morgan fingerprint density at radius 3 is 2.83 bits per heavy atom. The normalized spacial score (nSPS) is 18.7. The Balaban J connectivity index is 2.20. The maximum Gasteiger partial charge on any atom is 0.256 e. The van der Waals surface area contributed by atoms with Crippen LogP contribution in [0.4, 0.5) is 10.1 Å². The van der Waals surface area contributed by atoms with Crippen molar-refractivity contribution >= 4 is 23.4 Å². The van der Waals surface area contributed by atoms with Gasteiger partial charge < -0.3 is 10.6 Å². The van der Waals surface area contributed by atoms with E-state index in [-0.39, 0.29) is 16.3 Å². The summed E-state index contributed by atoms with van der Waals surface area (Å²) in [5.74, 6) is 0.388. The molecule has 1 aromatic carbocycles. The monoisotopic (exact) mass is 268 g/mol. The summed E-state index contributed by atoms with van der Waals surface area (Å²) in [6.45, 7) is 5.63. The number of anilines is 1. The zero-order valence-electron chi connectivity index (χ0n) is 10.6. The first-order chi connectivity index (χ1) is 8.39. The SMILES string of the molecule is CC1(C)CN(C(=O)c2ccc(F)cc2N)CCS1. The van der Waals surface area contributed by atoms with E-state index in [9.17, 15) is 9.18 Å². The van der Waals surface area contributed by atoms with Gasteiger partial charge >= 0.3 is 0 Å². The molecule has 0 aliphatic carbocycles. The van der Waals surface area contributed by atoms with Crippen molar-refractivity contribution in [1.29, 1.82) is 0 Å². The number of halogens is 1. The number of nitrogens with two attached hydrogens (primary N) is 1. The van der Waals surface area contributed by atoms with Gasteiger partial charge in [0, 0.05) is 29.3 Å². The predicted molar refractivity (Wildman–Crippen MR) is 73.3 cm³/mol. The van der Waals surface area contributed by atoms with Gasteiger partial charge in [-0.3, -0.25) is 4.79 Å². The van der Waals surface area contributed by atoms with E-state index >= 15 is 0 Å². The number of hydrogen-bond donors (Lipinski definition) is 1. The number of amides is 1. The third-order valence-corrected chi connectivity index (χ3v) is 4.25. The molecule has 5 heteroatoms. The van der Waals surface area contributed by atoms with Crippen molar-refractivity contribution in [2.24, 2.45) is 0 Å². The molecule has 1 heterocycles. The second-order valence-electron chi connectivity index (χ2n) is 5.07. The molecule has 18 heavy (non-hydrogen) atoms. The molecule has 1 aliphatic rings. The molecule has 2 rings (SSSR count). The van der Waals surface area contributed by atoms with Gasteiger partial charge in [0.2, 0.25) is 0 Å². The Kier molecular flexibility index (Phi) is 3.52. The van der Waals surface area contributed by atoms with E-state index < -0.39 is 5.82 Å². The molecular formula is C13H17FN2OS. The molecule has 0 unspecified atom stereocenters. The maximum atomic E-state index is 13.0. The average molecular weight is 268 g/mol. The molecule has 3 nitrogen and oxygen atoms in total. The Bertz CT molecular complexity index is 476. The van der Waals surface area contributed by atoms with Crippen molar-refractivity contribution in [3.8, 4) is 0 Å². The van der Waals surface area contributed by atoms with Crippen LogP contribution >= 0.6 is 11.8 Å². The van der Waals surface area contributed by atoms with Crippen LogP contribution in [0.3, 0.4) is 0 Å². The minimum absolute atomic E-state index is 0.0582. The van der Waals surface area contributed by atoms with E-state index in [1.54, 1.807) is 4.90 Å². The van der Waals surface area contributed by atoms with E-state index in [4.69, 9.17) is 5.73 Å². The molecule has 2 N–H and O–H groups in total. The maximum absolute atomic E-state index is 13.0. The molecule has 1 aliphatic heterocycles. The van der Waals surface area contributed by atoms with Gasteiger partial charge in [-0.2, -0.15) is 11.8 Å². The Labute approximate surface area is 111 Å². The van der Waals surface area contributed by atoms with Crippen LogP contribution in [-0.2, 0) is 0 Å². The number of hydrogen-bond acceptors (Lipinski definition) is 3.